The summed E-state index contributed by atoms with van der Waals surface area (Å²) in [7, 11) is 1.49. The summed E-state index contributed by atoms with van der Waals surface area (Å²) in [6, 6.07) is 6.60. The maximum absolute atomic E-state index is 13.1. The fourth-order valence-corrected chi connectivity index (χ4v) is 1.66. The van der Waals surface area contributed by atoms with E-state index in [9.17, 15) is 8.78 Å². The highest BCUT2D eigenvalue weighted by atomic mass is 19.2. The van der Waals surface area contributed by atoms with Gasteiger partial charge in [-0.1, -0.05) is 6.07 Å². The predicted molar refractivity (Wildman–Crippen MR) is 65.6 cm³/mol. The molecule has 19 heavy (non-hydrogen) atoms. The van der Waals surface area contributed by atoms with E-state index in [0.717, 1.165) is 12.1 Å². The normalized spacial score (nSPS) is 12.2. The van der Waals surface area contributed by atoms with E-state index >= 15 is 0 Å². The van der Waals surface area contributed by atoms with Crippen LogP contribution >= 0.6 is 0 Å². The number of nitrogens with zero attached hydrogens (tertiary/aromatic N) is 2. The topological polar surface area (TPSA) is 61.0 Å². The van der Waals surface area contributed by atoms with Gasteiger partial charge in [-0.3, -0.25) is 0 Å². The standard InChI is InChI=1S/C13H13F2N3O/c1-19-13-5-4-12(17-18-13)11(16)7-8-2-3-9(14)10(15)6-8/h2-6,11H,7,16H2,1H3. The summed E-state index contributed by atoms with van der Waals surface area (Å²) in [6.07, 6.45) is 0.345. The molecule has 1 aromatic heterocycles. The van der Waals surface area contributed by atoms with Gasteiger partial charge >= 0.3 is 0 Å². The van der Waals surface area contributed by atoms with Crippen LogP contribution in [0.5, 0.6) is 5.88 Å². The fourth-order valence-electron chi connectivity index (χ4n) is 1.66. The summed E-state index contributed by atoms with van der Waals surface area (Å²) >= 11 is 0. The summed E-state index contributed by atoms with van der Waals surface area (Å²) in [5.41, 5.74) is 7.11. The Bertz CT molecular complexity index is 560. The quantitative estimate of drug-likeness (QED) is 0.918. The Hall–Kier alpha value is -2.08. The molecule has 2 aromatic rings. The minimum Gasteiger partial charge on any atom is -0.480 e. The van der Waals surface area contributed by atoms with Crippen LogP contribution in [0, 0.1) is 11.6 Å². The lowest BCUT2D eigenvalue weighted by Crippen LogP contribution is -2.15. The van der Waals surface area contributed by atoms with Gasteiger partial charge in [0.25, 0.3) is 0 Å². The SMILES string of the molecule is COc1ccc(C(N)Cc2ccc(F)c(F)c2)nn1. The van der Waals surface area contributed by atoms with Crippen molar-refractivity contribution >= 4 is 0 Å². The highest BCUT2D eigenvalue weighted by molar-refractivity contribution is 5.21. The molecular formula is C13H13F2N3O. The van der Waals surface area contributed by atoms with Gasteiger partial charge in [-0.05, 0) is 30.2 Å². The smallest absolute Gasteiger partial charge is 0.233 e. The number of halogens is 2. The molecule has 0 spiro atoms. The average molecular weight is 265 g/mol. The zero-order chi connectivity index (χ0) is 13.8. The maximum atomic E-state index is 13.1. The van der Waals surface area contributed by atoms with E-state index in [1.807, 2.05) is 0 Å². The molecule has 0 aliphatic carbocycles. The van der Waals surface area contributed by atoms with Crippen molar-refractivity contribution in [1.82, 2.24) is 10.2 Å². The van der Waals surface area contributed by atoms with Crippen LogP contribution < -0.4 is 10.5 Å². The number of nitrogens with two attached hydrogens (primary N) is 1. The van der Waals surface area contributed by atoms with Crippen molar-refractivity contribution < 1.29 is 13.5 Å². The van der Waals surface area contributed by atoms with E-state index in [2.05, 4.69) is 10.2 Å². The van der Waals surface area contributed by atoms with Crippen molar-refractivity contribution in [2.75, 3.05) is 7.11 Å². The Labute approximate surface area is 109 Å². The Kier molecular flexibility index (Phi) is 4.01. The highest BCUT2D eigenvalue weighted by Crippen LogP contribution is 2.17. The van der Waals surface area contributed by atoms with E-state index in [4.69, 9.17) is 10.5 Å². The fraction of sp³-hybridized carbons (Fsp3) is 0.231. The monoisotopic (exact) mass is 265 g/mol. The van der Waals surface area contributed by atoms with Crippen molar-refractivity contribution in [1.29, 1.82) is 0 Å². The highest BCUT2D eigenvalue weighted by Gasteiger charge is 2.11. The van der Waals surface area contributed by atoms with E-state index < -0.39 is 17.7 Å². The molecule has 100 valence electrons. The Balaban J connectivity index is 2.10. The lowest BCUT2D eigenvalue weighted by molar-refractivity contribution is 0.390. The number of ether oxygens (including phenoxy) is 1. The average Bonchev–Trinajstić information content (AvgIpc) is 2.43. The number of hydrogen-bond acceptors (Lipinski definition) is 4. The van der Waals surface area contributed by atoms with Crippen LogP contribution in [-0.2, 0) is 6.42 Å². The zero-order valence-corrected chi connectivity index (χ0v) is 10.3. The molecule has 1 aromatic carbocycles. The third-order valence-corrected chi connectivity index (χ3v) is 2.69. The van der Waals surface area contributed by atoms with Crippen LogP contribution in [0.4, 0.5) is 8.78 Å². The summed E-state index contributed by atoms with van der Waals surface area (Å²) in [4.78, 5) is 0. The first-order valence-electron chi connectivity index (χ1n) is 5.67. The summed E-state index contributed by atoms with van der Waals surface area (Å²) in [5, 5.41) is 7.72. The second-order valence-corrected chi connectivity index (χ2v) is 4.06. The molecule has 0 aliphatic heterocycles. The molecule has 0 aliphatic rings. The van der Waals surface area contributed by atoms with E-state index in [1.165, 1.54) is 13.2 Å². The minimum atomic E-state index is -0.884. The van der Waals surface area contributed by atoms with Crippen LogP contribution in [-0.4, -0.2) is 17.3 Å². The number of benzene rings is 1. The Morgan fingerprint density at radius 2 is 1.95 bits per heavy atom. The van der Waals surface area contributed by atoms with Crippen molar-refractivity contribution in [2.45, 2.75) is 12.5 Å². The van der Waals surface area contributed by atoms with E-state index in [0.29, 0.717) is 23.6 Å². The molecule has 0 amide bonds. The third-order valence-electron chi connectivity index (χ3n) is 2.69. The van der Waals surface area contributed by atoms with Crippen LogP contribution in [0.15, 0.2) is 30.3 Å². The van der Waals surface area contributed by atoms with Crippen LogP contribution in [0.3, 0.4) is 0 Å². The number of hydrogen-bond donors (Lipinski definition) is 1. The van der Waals surface area contributed by atoms with Gasteiger partial charge in [-0.2, -0.15) is 5.10 Å². The first-order chi connectivity index (χ1) is 9.10. The number of aromatic nitrogens is 2. The van der Waals surface area contributed by atoms with E-state index in [-0.39, 0.29) is 0 Å². The van der Waals surface area contributed by atoms with Gasteiger partial charge in [0.15, 0.2) is 11.6 Å². The molecule has 0 bridgehead atoms. The lowest BCUT2D eigenvalue weighted by Gasteiger charge is -2.11. The second-order valence-electron chi connectivity index (χ2n) is 4.06. The Morgan fingerprint density at radius 1 is 1.16 bits per heavy atom. The molecule has 2 N–H and O–H groups in total. The minimum absolute atomic E-state index is 0.345. The molecule has 1 atom stereocenters. The van der Waals surface area contributed by atoms with Crippen LogP contribution in [0.2, 0.25) is 0 Å². The molecule has 2 rings (SSSR count). The van der Waals surface area contributed by atoms with Crippen LogP contribution in [0.25, 0.3) is 0 Å². The van der Waals surface area contributed by atoms with Crippen LogP contribution in [0.1, 0.15) is 17.3 Å². The second kappa shape index (κ2) is 5.71. The Morgan fingerprint density at radius 3 is 2.53 bits per heavy atom. The molecule has 0 saturated heterocycles. The van der Waals surface area contributed by atoms with E-state index in [1.54, 1.807) is 12.1 Å². The summed E-state index contributed by atoms with van der Waals surface area (Å²) < 4.78 is 30.8. The number of rotatable bonds is 4. The van der Waals surface area contributed by atoms with Crippen molar-refractivity contribution in [3.8, 4) is 5.88 Å². The molecule has 6 heteroatoms. The lowest BCUT2D eigenvalue weighted by atomic mass is 10.0. The molecule has 4 nitrogen and oxygen atoms in total. The number of methoxy groups -OCH3 is 1. The molecule has 0 fully saturated rings. The maximum Gasteiger partial charge on any atom is 0.233 e. The summed E-state index contributed by atoms with van der Waals surface area (Å²) in [6.45, 7) is 0. The molecule has 0 radical (unpaired) electrons. The van der Waals surface area contributed by atoms with Gasteiger partial charge < -0.3 is 10.5 Å². The molecule has 1 unspecified atom stereocenters. The molecule has 1 heterocycles. The van der Waals surface area contributed by atoms with Gasteiger partial charge in [0.1, 0.15) is 0 Å². The van der Waals surface area contributed by atoms with Gasteiger partial charge in [0.05, 0.1) is 18.8 Å². The van der Waals surface area contributed by atoms with Gasteiger partial charge in [0.2, 0.25) is 5.88 Å². The van der Waals surface area contributed by atoms with Crippen molar-refractivity contribution in [3.05, 3.63) is 53.2 Å². The van der Waals surface area contributed by atoms with Gasteiger partial charge in [0, 0.05) is 6.07 Å². The largest absolute Gasteiger partial charge is 0.480 e. The molecular weight excluding hydrogens is 252 g/mol. The molecule has 0 saturated carbocycles. The van der Waals surface area contributed by atoms with Gasteiger partial charge in [-0.15, -0.1) is 5.10 Å². The third kappa shape index (κ3) is 3.23. The van der Waals surface area contributed by atoms with Crippen molar-refractivity contribution in [3.63, 3.8) is 0 Å². The summed E-state index contributed by atoms with van der Waals surface area (Å²) in [5.74, 6) is -1.36. The van der Waals surface area contributed by atoms with Crippen molar-refractivity contribution in [2.24, 2.45) is 5.73 Å². The first-order valence-corrected chi connectivity index (χ1v) is 5.67. The first kappa shape index (κ1) is 13.4. The predicted octanol–water partition coefficient (Wildman–Crippen LogP) is 2.01. The van der Waals surface area contributed by atoms with Gasteiger partial charge in [-0.25, -0.2) is 8.78 Å². The zero-order valence-electron chi connectivity index (χ0n) is 10.3.